The van der Waals surface area contributed by atoms with Crippen molar-refractivity contribution in [2.45, 2.75) is 19.9 Å². The van der Waals surface area contributed by atoms with Crippen LogP contribution in [0.2, 0.25) is 0 Å². The normalized spacial score (nSPS) is 18.4. The number of carbonyl (C=O) groups is 1. The molecule has 1 rings (SSSR count). The van der Waals surface area contributed by atoms with E-state index in [0.717, 1.165) is 0 Å². The number of likely N-dealkylation sites (N-methyl/N-ethyl adjacent to an activating group) is 1. The third kappa shape index (κ3) is 1.78. The van der Waals surface area contributed by atoms with Crippen LogP contribution in [0.3, 0.4) is 0 Å². The second-order valence-corrected chi connectivity index (χ2v) is 3.83. The molecule has 1 heterocycles. The van der Waals surface area contributed by atoms with E-state index in [0.29, 0.717) is 4.61 Å². The number of hydrazine groups is 2. The summed E-state index contributed by atoms with van der Waals surface area (Å²) in [5.74, 6) is -0.954. The van der Waals surface area contributed by atoms with Crippen LogP contribution in [0.5, 0.6) is 0 Å². The van der Waals surface area contributed by atoms with Crippen molar-refractivity contribution in [3.63, 3.8) is 0 Å². The minimum absolute atomic E-state index is 0.189. The minimum Gasteiger partial charge on any atom is -0.476 e. The highest BCUT2D eigenvalue weighted by molar-refractivity contribution is 9.11. The lowest BCUT2D eigenvalue weighted by Gasteiger charge is -2.29. The van der Waals surface area contributed by atoms with Crippen LogP contribution >= 0.6 is 15.9 Å². The smallest absolute Gasteiger partial charge is 0.356 e. The first-order valence-corrected chi connectivity index (χ1v) is 4.67. The summed E-state index contributed by atoms with van der Waals surface area (Å²) in [4.78, 5) is 10.8. The Hall–Kier alpha value is -0.750. The van der Waals surface area contributed by atoms with Crippen molar-refractivity contribution >= 4 is 21.9 Å². The Bertz CT molecular complexity index is 264. The number of rotatable bonds is 2. The highest BCUT2D eigenvalue weighted by atomic mass is 79.9. The number of hydrogen-bond donors (Lipinski definition) is 2. The molecule has 0 aliphatic carbocycles. The van der Waals surface area contributed by atoms with Crippen LogP contribution in [-0.2, 0) is 4.79 Å². The molecule has 0 saturated heterocycles. The van der Waals surface area contributed by atoms with Crippen molar-refractivity contribution in [2.75, 3.05) is 7.05 Å². The molecule has 0 saturated carbocycles. The SMILES string of the molecule is CC(C)N1NC(Br)=C(C(=O)O)N1C. The van der Waals surface area contributed by atoms with Gasteiger partial charge in [0.1, 0.15) is 4.61 Å². The molecule has 0 spiro atoms. The molecule has 0 fully saturated rings. The van der Waals surface area contributed by atoms with Gasteiger partial charge in [-0.05, 0) is 29.8 Å². The van der Waals surface area contributed by atoms with Gasteiger partial charge in [-0.25, -0.2) is 4.79 Å². The highest BCUT2D eigenvalue weighted by Gasteiger charge is 2.31. The van der Waals surface area contributed by atoms with Crippen LogP contribution in [0.25, 0.3) is 0 Å². The van der Waals surface area contributed by atoms with Crippen molar-refractivity contribution in [3.8, 4) is 0 Å². The zero-order chi connectivity index (χ0) is 10.2. The summed E-state index contributed by atoms with van der Waals surface area (Å²) in [5, 5.41) is 12.2. The Kier molecular flexibility index (Phi) is 2.82. The van der Waals surface area contributed by atoms with Crippen LogP contribution in [0.1, 0.15) is 13.8 Å². The third-order valence-corrected chi connectivity index (χ3v) is 2.31. The van der Waals surface area contributed by atoms with Crippen LogP contribution in [0, 0.1) is 0 Å². The van der Waals surface area contributed by atoms with Gasteiger partial charge >= 0.3 is 5.97 Å². The third-order valence-electron chi connectivity index (χ3n) is 1.76. The molecule has 1 aliphatic heterocycles. The van der Waals surface area contributed by atoms with Gasteiger partial charge in [0.15, 0.2) is 5.70 Å². The summed E-state index contributed by atoms with van der Waals surface area (Å²) in [7, 11) is 1.70. The van der Waals surface area contributed by atoms with Crippen molar-refractivity contribution in [3.05, 3.63) is 10.3 Å². The van der Waals surface area contributed by atoms with E-state index < -0.39 is 5.97 Å². The number of carboxylic acids is 1. The lowest BCUT2D eigenvalue weighted by atomic mass is 10.4. The van der Waals surface area contributed by atoms with E-state index in [2.05, 4.69) is 21.4 Å². The van der Waals surface area contributed by atoms with E-state index in [1.807, 2.05) is 13.8 Å². The maximum Gasteiger partial charge on any atom is 0.356 e. The van der Waals surface area contributed by atoms with E-state index in [4.69, 9.17) is 5.11 Å². The number of nitrogens with one attached hydrogen (secondary N) is 1. The Labute approximate surface area is 85.1 Å². The summed E-state index contributed by atoms with van der Waals surface area (Å²) in [6.07, 6.45) is 0. The summed E-state index contributed by atoms with van der Waals surface area (Å²) >= 11 is 3.16. The topological polar surface area (TPSA) is 55.8 Å². The molecule has 0 unspecified atom stereocenters. The van der Waals surface area contributed by atoms with Gasteiger partial charge in [0.05, 0.1) is 0 Å². The van der Waals surface area contributed by atoms with Gasteiger partial charge in [-0.2, -0.15) is 0 Å². The van der Waals surface area contributed by atoms with Crippen molar-refractivity contribution in [1.29, 1.82) is 0 Å². The first-order valence-electron chi connectivity index (χ1n) is 3.87. The largest absolute Gasteiger partial charge is 0.476 e. The molecule has 6 heteroatoms. The van der Waals surface area contributed by atoms with Crippen molar-refractivity contribution < 1.29 is 9.90 Å². The van der Waals surface area contributed by atoms with Crippen LogP contribution in [0.4, 0.5) is 0 Å². The Morgan fingerprint density at radius 3 is 2.38 bits per heavy atom. The second-order valence-electron chi connectivity index (χ2n) is 3.04. The average molecular weight is 250 g/mol. The van der Waals surface area contributed by atoms with E-state index in [9.17, 15) is 4.79 Å². The van der Waals surface area contributed by atoms with E-state index in [1.165, 1.54) is 0 Å². The molecule has 0 bridgehead atoms. The van der Waals surface area contributed by atoms with Gasteiger partial charge in [-0.3, -0.25) is 10.4 Å². The number of halogens is 1. The first kappa shape index (κ1) is 10.3. The molecule has 0 amide bonds. The quantitative estimate of drug-likeness (QED) is 0.707. The molecule has 0 radical (unpaired) electrons. The molecule has 0 aromatic carbocycles. The van der Waals surface area contributed by atoms with Gasteiger partial charge in [-0.15, -0.1) is 5.12 Å². The predicted octanol–water partition coefficient (Wildman–Crippen LogP) is 0.710. The molecule has 2 N–H and O–H groups in total. The number of carboxylic acid groups (broad SMARTS) is 1. The Morgan fingerprint density at radius 2 is 2.15 bits per heavy atom. The Balaban J connectivity index is 2.87. The highest BCUT2D eigenvalue weighted by Crippen LogP contribution is 2.22. The number of hydrogen-bond acceptors (Lipinski definition) is 4. The number of nitrogens with zero attached hydrogens (tertiary/aromatic N) is 2. The fourth-order valence-electron chi connectivity index (χ4n) is 1.19. The number of aliphatic carboxylic acids is 1. The van der Waals surface area contributed by atoms with Crippen molar-refractivity contribution in [1.82, 2.24) is 15.6 Å². The van der Waals surface area contributed by atoms with Gasteiger partial charge in [0.25, 0.3) is 0 Å². The van der Waals surface area contributed by atoms with E-state index in [1.54, 1.807) is 17.2 Å². The maximum atomic E-state index is 10.8. The summed E-state index contributed by atoms with van der Waals surface area (Å²) in [5.41, 5.74) is 3.13. The zero-order valence-electron chi connectivity index (χ0n) is 7.71. The summed E-state index contributed by atoms with van der Waals surface area (Å²) < 4.78 is 0.483. The van der Waals surface area contributed by atoms with Crippen molar-refractivity contribution in [2.24, 2.45) is 0 Å². The minimum atomic E-state index is -0.954. The first-order chi connectivity index (χ1) is 5.95. The monoisotopic (exact) mass is 249 g/mol. The molecule has 1 aliphatic rings. The summed E-state index contributed by atoms with van der Waals surface area (Å²) in [6.45, 7) is 3.93. The maximum absolute atomic E-state index is 10.8. The van der Waals surface area contributed by atoms with E-state index in [-0.39, 0.29) is 11.7 Å². The predicted molar refractivity (Wildman–Crippen MR) is 51.5 cm³/mol. The molecule has 0 atom stereocenters. The lowest BCUT2D eigenvalue weighted by molar-refractivity contribution is -0.136. The molecular weight excluding hydrogens is 238 g/mol. The van der Waals surface area contributed by atoms with E-state index >= 15 is 0 Å². The molecule has 5 nitrogen and oxygen atoms in total. The molecule has 13 heavy (non-hydrogen) atoms. The van der Waals surface area contributed by atoms with Gasteiger partial charge in [0, 0.05) is 13.1 Å². The zero-order valence-corrected chi connectivity index (χ0v) is 9.29. The summed E-state index contributed by atoms with van der Waals surface area (Å²) in [6, 6.07) is 0.189. The van der Waals surface area contributed by atoms with Gasteiger partial charge in [0.2, 0.25) is 0 Å². The van der Waals surface area contributed by atoms with Crippen LogP contribution in [-0.4, -0.2) is 34.3 Å². The lowest BCUT2D eigenvalue weighted by Crippen LogP contribution is -2.46. The molecular formula is C7H12BrN3O2. The molecule has 0 aromatic heterocycles. The fraction of sp³-hybridized carbons (Fsp3) is 0.571. The van der Waals surface area contributed by atoms with Crippen LogP contribution < -0.4 is 5.43 Å². The van der Waals surface area contributed by atoms with Crippen LogP contribution in [0.15, 0.2) is 10.3 Å². The second kappa shape index (κ2) is 3.55. The Morgan fingerprint density at radius 1 is 1.62 bits per heavy atom. The standard InChI is InChI=1S/C7H12BrN3O2/c1-4(2)11-9-6(8)5(7(12)13)10(11)3/h4,9H,1-3H3,(H,12,13). The average Bonchev–Trinajstić information content (AvgIpc) is 2.26. The molecule has 0 aromatic rings. The van der Waals surface area contributed by atoms with Gasteiger partial charge < -0.3 is 5.11 Å². The fourth-order valence-corrected chi connectivity index (χ4v) is 1.79. The molecule has 74 valence electrons. The van der Waals surface area contributed by atoms with Gasteiger partial charge in [-0.1, -0.05) is 0 Å².